The minimum absolute atomic E-state index is 0. The fourth-order valence-electron chi connectivity index (χ4n) is 9.63. The number of hydrogen-bond acceptors (Lipinski definition) is 4. The third-order valence-electron chi connectivity index (χ3n) is 13.5. The van der Waals surface area contributed by atoms with Crippen molar-refractivity contribution >= 4 is 33.2 Å². The van der Waals surface area contributed by atoms with Crippen molar-refractivity contribution in [2.75, 3.05) is 9.80 Å². The molecule has 6 heteroatoms. The first kappa shape index (κ1) is 49.5. The van der Waals surface area contributed by atoms with Crippen LogP contribution in [0.5, 0.6) is 11.5 Å². The first-order valence-electron chi connectivity index (χ1n) is 24.1. The molecule has 358 valence electrons. The van der Waals surface area contributed by atoms with E-state index in [4.69, 9.17) is 9.72 Å². The molecule has 9 rings (SSSR count). The minimum Gasteiger partial charge on any atom is -0.509 e. The van der Waals surface area contributed by atoms with Crippen LogP contribution in [0.15, 0.2) is 157 Å². The Morgan fingerprint density at radius 2 is 1.10 bits per heavy atom. The van der Waals surface area contributed by atoms with E-state index in [1.54, 1.807) is 0 Å². The molecule has 0 bridgehead atoms. The van der Waals surface area contributed by atoms with Gasteiger partial charge in [0.2, 0.25) is 0 Å². The quantitative estimate of drug-likeness (QED) is 0.142. The Labute approximate surface area is 426 Å². The summed E-state index contributed by atoms with van der Waals surface area (Å²) in [6.07, 6.45) is 1.92. The van der Waals surface area contributed by atoms with Gasteiger partial charge in [-0.25, -0.2) is 4.98 Å². The maximum atomic E-state index is 6.80. The molecule has 0 saturated carbocycles. The van der Waals surface area contributed by atoms with Crippen molar-refractivity contribution in [3.63, 3.8) is 0 Å². The Morgan fingerprint density at radius 3 is 1.75 bits per heavy atom. The van der Waals surface area contributed by atoms with Gasteiger partial charge in [0, 0.05) is 77.6 Å². The number of pyridine rings is 1. The molecule has 0 N–H and O–H groups in total. The van der Waals surface area contributed by atoms with Gasteiger partial charge < -0.3 is 19.1 Å². The average Bonchev–Trinajstić information content (AvgIpc) is 3.87. The second-order valence-corrected chi connectivity index (χ2v) is 23.2. The average molecular weight is 1090 g/mol. The zero-order valence-corrected chi connectivity index (χ0v) is 45.2. The first-order valence-corrected chi connectivity index (χ1v) is 24.1. The van der Waals surface area contributed by atoms with Crippen molar-refractivity contribution in [2.45, 2.75) is 113 Å². The third-order valence-corrected chi connectivity index (χ3v) is 13.5. The molecule has 8 aromatic rings. The van der Waals surface area contributed by atoms with Gasteiger partial charge in [-0.15, -0.1) is 48.1 Å². The van der Waals surface area contributed by atoms with Crippen LogP contribution in [0.25, 0.3) is 38.8 Å². The summed E-state index contributed by atoms with van der Waals surface area (Å²) in [6, 6.07) is 57.5. The van der Waals surface area contributed by atoms with Crippen LogP contribution in [-0.4, -0.2) is 9.55 Å². The Balaban J connectivity index is 0.00000642. The summed E-state index contributed by atoms with van der Waals surface area (Å²) in [4.78, 5) is 9.72. The molecular formula is C63H67N4OPt-3. The predicted molar refractivity (Wildman–Crippen MR) is 286 cm³/mol. The molecule has 2 aromatic heterocycles. The minimum atomic E-state index is -0.225. The summed E-state index contributed by atoms with van der Waals surface area (Å²) in [5, 5.41) is 2.22. The number of rotatable bonds is 8. The third kappa shape index (κ3) is 9.70. The van der Waals surface area contributed by atoms with Gasteiger partial charge in [0.25, 0.3) is 0 Å². The Bertz CT molecular complexity index is 3190. The molecule has 69 heavy (non-hydrogen) atoms. The molecule has 0 unspecified atom stereocenters. The smallest absolute Gasteiger partial charge is 0.135 e. The fourth-order valence-corrected chi connectivity index (χ4v) is 9.63. The summed E-state index contributed by atoms with van der Waals surface area (Å²) in [5.74, 6) is 2.06. The van der Waals surface area contributed by atoms with E-state index in [-0.39, 0.29) is 48.1 Å². The van der Waals surface area contributed by atoms with Crippen LogP contribution in [0.4, 0.5) is 11.4 Å². The summed E-state index contributed by atoms with van der Waals surface area (Å²) in [5.41, 5.74) is 13.2. The molecule has 0 fully saturated rings. The normalized spacial score (nSPS) is 13.9. The molecule has 0 atom stereocenters. The van der Waals surface area contributed by atoms with E-state index in [1.165, 1.54) is 39.2 Å². The van der Waals surface area contributed by atoms with E-state index in [0.29, 0.717) is 11.5 Å². The Hall–Kier alpha value is -5.90. The molecule has 1 aliphatic rings. The van der Waals surface area contributed by atoms with Gasteiger partial charge in [-0.1, -0.05) is 181 Å². The van der Waals surface area contributed by atoms with Gasteiger partial charge in [0.1, 0.15) is 5.82 Å². The van der Waals surface area contributed by atoms with Crippen LogP contribution in [-0.2, 0) is 37.3 Å². The zero-order chi connectivity index (χ0) is 48.6. The molecular weight excluding hydrogens is 1020 g/mol. The predicted octanol–water partition coefficient (Wildman–Crippen LogP) is 16.9. The van der Waals surface area contributed by atoms with E-state index < -0.39 is 0 Å². The van der Waals surface area contributed by atoms with Gasteiger partial charge in [0.05, 0.1) is 0 Å². The van der Waals surface area contributed by atoms with Gasteiger partial charge in [-0.05, 0) is 79.9 Å². The van der Waals surface area contributed by atoms with Crippen molar-refractivity contribution in [2.24, 2.45) is 10.8 Å². The molecule has 0 aliphatic carbocycles. The second-order valence-electron chi connectivity index (χ2n) is 23.2. The Kier molecular flexibility index (Phi) is 13.0. The number of anilines is 2. The molecule has 1 aliphatic heterocycles. The Morgan fingerprint density at radius 1 is 0.478 bits per heavy atom. The number of aromatic nitrogens is 2. The molecule has 0 saturated heterocycles. The van der Waals surface area contributed by atoms with Crippen LogP contribution in [0.1, 0.15) is 119 Å². The molecule has 0 spiro atoms. The number of ether oxygens (including phenoxy) is 1. The van der Waals surface area contributed by atoms with Gasteiger partial charge >= 0.3 is 0 Å². The number of fused-ring (bicyclic) bond motifs is 3. The maximum Gasteiger partial charge on any atom is 0.135 e. The summed E-state index contributed by atoms with van der Waals surface area (Å²) >= 11 is 0. The number of hydrogen-bond donors (Lipinski definition) is 0. The topological polar surface area (TPSA) is 33.5 Å². The summed E-state index contributed by atoms with van der Waals surface area (Å²) in [6.45, 7) is 34.5. The maximum absolute atomic E-state index is 6.80. The summed E-state index contributed by atoms with van der Waals surface area (Å²) in [7, 11) is 0. The number of allylic oxidation sites excluding steroid dienone is 2. The number of benzene rings is 6. The standard InChI is InChI=1S/C63H67N4O.Pt/c1-59(2,3)45-32-33-64-56(38-45)67-54-31-28-43(42-22-17-15-18-23-42)34-53(54)52-30-29-51(40-55(52)67)68-50-27-21-26-48(39-50)65-41-66(58(62(10,11)12)57(65)61(7,8)9)49-36-46(60(4,5)6)35-47(37-49)63(13,14)44-24-19-16-20-25-44;/h15-38,41H,1-14H3;/q-3;. The van der Waals surface area contributed by atoms with Crippen LogP contribution in [0.2, 0.25) is 0 Å². The molecule has 5 nitrogen and oxygen atoms in total. The number of nitrogens with zero attached hydrogens (tertiary/aromatic N) is 4. The van der Waals surface area contributed by atoms with Gasteiger partial charge in [-0.2, -0.15) is 12.1 Å². The van der Waals surface area contributed by atoms with E-state index in [0.717, 1.165) is 44.6 Å². The van der Waals surface area contributed by atoms with Crippen molar-refractivity contribution in [1.29, 1.82) is 0 Å². The van der Waals surface area contributed by atoms with E-state index in [1.807, 2.05) is 18.3 Å². The van der Waals surface area contributed by atoms with Crippen molar-refractivity contribution in [3.05, 3.63) is 198 Å². The second kappa shape index (κ2) is 18.1. The van der Waals surface area contributed by atoms with Crippen LogP contribution >= 0.6 is 0 Å². The van der Waals surface area contributed by atoms with Gasteiger partial charge in [-0.3, -0.25) is 0 Å². The molecule has 0 radical (unpaired) electrons. The first-order chi connectivity index (χ1) is 32.0. The zero-order valence-electron chi connectivity index (χ0n) is 42.9. The van der Waals surface area contributed by atoms with E-state index in [2.05, 4.69) is 257 Å². The van der Waals surface area contributed by atoms with Crippen molar-refractivity contribution in [3.8, 4) is 28.4 Å². The fraction of sp³-hybridized carbons (Fsp3) is 0.302. The van der Waals surface area contributed by atoms with E-state index in [9.17, 15) is 0 Å². The van der Waals surface area contributed by atoms with Crippen molar-refractivity contribution in [1.82, 2.24) is 9.55 Å². The van der Waals surface area contributed by atoms with Crippen LogP contribution < -0.4 is 14.5 Å². The molecule has 3 heterocycles. The van der Waals surface area contributed by atoms with Crippen LogP contribution in [0, 0.1) is 29.6 Å². The molecule has 0 amide bonds. The summed E-state index contributed by atoms with van der Waals surface area (Å²) < 4.78 is 9.03. The monoisotopic (exact) mass is 1090 g/mol. The van der Waals surface area contributed by atoms with Crippen molar-refractivity contribution < 1.29 is 25.8 Å². The van der Waals surface area contributed by atoms with Crippen LogP contribution in [0.3, 0.4) is 0 Å². The van der Waals surface area contributed by atoms with Gasteiger partial charge in [0.15, 0.2) is 0 Å². The molecule has 6 aromatic carbocycles. The largest absolute Gasteiger partial charge is 0.509 e. The SMILES string of the molecule is CC(C)(C)C1=C(C(C)(C)C)N(c2cc(C(C)(C)C)cc(C(C)(C)c3ccccc3)c2)[CH-]N1c1[c-]c(Oc2[c-]c3c(cc2)c2cc(-c4ccccc4)ccc2n3-c2cc(C(C)(C)C)ccn2)ccc1.[Pt]. The van der Waals surface area contributed by atoms with E-state index >= 15 is 0 Å².